The van der Waals surface area contributed by atoms with Gasteiger partial charge in [-0.3, -0.25) is 9.78 Å². The molecule has 0 saturated heterocycles. The van der Waals surface area contributed by atoms with Crippen molar-refractivity contribution in [3.8, 4) is 0 Å². The van der Waals surface area contributed by atoms with Crippen LogP contribution in [-0.4, -0.2) is 47.9 Å². The molecule has 0 spiro atoms. The number of carbonyl (C=O) groups excluding carboxylic acids is 2. The fourth-order valence-electron chi connectivity index (χ4n) is 1.11. The molecule has 0 radical (unpaired) electrons. The molecule has 0 aliphatic heterocycles. The van der Waals surface area contributed by atoms with Gasteiger partial charge in [-0.25, -0.2) is 9.78 Å². The molecule has 0 aliphatic carbocycles. The highest BCUT2D eigenvalue weighted by atomic mass is 16.5. The van der Waals surface area contributed by atoms with Crippen molar-refractivity contribution in [1.82, 2.24) is 20.2 Å². The van der Waals surface area contributed by atoms with Crippen LogP contribution < -0.4 is 5.32 Å². The van der Waals surface area contributed by atoms with E-state index in [1.54, 1.807) is 19.0 Å². The lowest BCUT2D eigenvalue weighted by molar-refractivity contribution is -0.136. The Balaban J connectivity index is 2.85. The monoisotopic (exact) mass is 250 g/mol. The van der Waals surface area contributed by atoms with Crippen LogP contribution in [0.25, 0.3) is 0 Å². The number of aromatic nitrogens is 2. The summed E-state index contributed by atoms with van der Waals surface area (Å²) in [6, 6.07) is 0. The normalized spacial score (nSPS) is 10.7. The summed E-state index contributed by atoms with van der Waals surface area (Å²) in [4.78, 5) is 32.4. The Morgan fingerprint density at radius 2 is 2.11 bits per heavy atom. The van der Waals surface area contributed by atoms with Crippen LogP contribution in [0.3, 0.4) is 0 Å². The first-order chi connectivity index (χ1) is 8.54. The maximum absolute atomic E-state index is 11.8. The third-order valence-electron chi connectivity index (χ3n) is 1.84. The van der Waals surface area contributed by atoms with Crippen molar-refractivity contribution in [2.45, 2.75) is 0 Å². The minimum absolute atomic E-state index is 0.0261. The van der Waals surface area contributed by atoms with Crippen molar-refractivity contribution in [2.75, 3.05) is 21.2 Å². The molecular weight excluding hydrogens is 236 g/mol. The van der Waals surface area contributed by atoms with Gasteiger partial charge in [0, 0.05) is 32.7 Å². The molecule has 1 amide bonds. The van der Waals surface area contributed by atoms with E-state index >= 15 is 0 Å². The van der Waals surface area contributed by atoms with Gasteiger partial charge in [0.05, 0.1) is 13.3 Å². The predicted octanol–water partition coefficient (Wildman–Crippen LogP) is -0.218. The molecule has 0 atom stereocenters. The Kier molecular flexibility index (Phi) is 4.79. The van der Waals surface area contributed by atoms with Gasteiger partial charge < -0.3 is 15.0 Å². The number of ether oxygens (including phenoxy) is 1. The van der Waals surface area contributed by atoms with Gasteiger partial charge in [-0.2, -0.15) is 0 Å². The van der Waals surface area contributed by atoms with Crippen molar-refractivity contribution in [1.29, 1.82) is 0 Å². The molecule has 1 aromatic heterocycles. The molecule has 1 N–H and O–H groups in total. The summed E-state index contributed by atoms with van der Waals surface area (Å²) >= 11 is 0. The Labute approximate surface area is 104 Å². The summed E-state index contributed by atoms with van der Waals surface area (Å²) in [6.07, 6.45) is 5.59. The smallest absolute Gasteiger partial charge is 0.356 e. The van der Waals surface area contributed by atoms with Crippen LogP contribution in [0, 0.1) is 0 Å². The van der Waals surface area contributed by atoms with Gasteiger partial charge in [-0.05, 0) is 0 Å². The van der Waals surface area contributed by atoms with Crippen LogP contribution in [0.15, 0.2) is 30.5 Å². The van der Waals surface area contributed by atoms with Crippen molar-refractivity contribution in [3.05, 3.63) is 36.2 Å². The van der Waals surface area contributed by atoms with Gasteiger partial charge in [-0.15, -0.1) is 0 Å². The standard InChI is InChI=1S/C11H14N4O3/c1-15(2)7-9(11(17)18-3)14-10(16)8-6-12-4-5-13-8/h4-7H,1-3H3,(H,14,16)/b9-7+. The van der Waals surface area contributed by atoms with Crippen LogP contribution >= 0.6 is 0 Å². The van der Waals surface area contributed by atoms with Crippen LogP contribution in [0.5, 0.6) is 0 Å². The van der Waals surface area contributed by atoms with Gasteiger partial charge in [0.1, 0.15) is 11.4 Å². The number of amides is 1. The van der Waals surface area contributed by atoms with E-state index in [4.69, 9.17) is 0 Å². The lowest BCUT2D eigenvalue weighted by Gasteiger charge is -2.11. The molecular formula is C11H14N4O3. The zero-order valence-corrected chi connectivity index (χ0v) is 10.4. The van der Waals surface area contributed by atoms with E-state index in [0.717, 1.165) is 0 Å². The van der Waals surface area contributed by atoms with Gasteiger partial charge in [0.15, 0.2) is 0 Å². The van der Waals surface area contributed by atoms with E-state index in [2.05, 4.69) is 20.0 Å². The largest absolute Gasteiger partial charge is 0.464 e. The average molecular weight is 250 g/mol. The number of esters is 1. The third kappa shape index (κ3) is 3.85. The van der Waals surface area contributed by atoms with Gasteiger partial charge in [0.2, 0.25) is 0 Å². The number of hydrogen-bond donors (Lipinski definition) is 1. The molecule has 7 heteroatoms. The van der Waals surface area contributed by atoms with E-state index in [1.807, 2.05) is 0 Å². The zero-order valence-electron chi connectivity index (χ0n) is 10.4. The SMILES string of the molecule is COC(=O)/C(=C\N(C)C)NC(=O)c1cnccn1. The van der Waals surface area contributed by atoms with Crippen molar-refractivity contribution in [3.63, 3.8) is 0 Å². The van der Waals surface area contributed by atoms with Crippen LogP contribution in [0.2, 0.25) is 0 Å². The molecule has 96 valence electrons. The fourth-order valence-corrected chi connectivity index (χ4v) is 1.11. The maximum atomic E-state index is 11.8. The van der Waals surface area contributed by atoms with E-state index in [1.165, 1.54) is 31.9 Å². The number of methoxy groups -OCH3 is 1. The van der Waals surface area contributed by atoms with Gasteiger partial charge >= 0.3 is 5.97 Å². The van der Waals surface area contributed by atoms with Crippen LogP contribution in [0.1, 0.15) is 10.5 Å². The molecule has 0 unspecified atom stereocenters. The predicted molar refractivity (Wildman–Crippen MR) is 63.3 cm³/mol. The first-order valence-electron chi connectivity index (χ1n) is 5.08. The molecule has 1 heterocycles. The van der Waals surface area contributed by atoms with Crippen molar-refractivity contribution >= 4 is 11.9 Å². The molecule has 0 bridgehead atoms. The van der Waals surface area contributed by atoms with E-state index in [-0.39, 0.29) is 11.4 Å². The molecule has 1 rings (SSSR count). The number of rotatable bonds is 4. The maximum Gasteiger partial charge on any atom is 0.356 e. The Bertz CT molecular complexity index is 457. The molecule has 7 nitrogen and oxygen atoms in total. The topological polar surface area (TPSA) is 84.4 Å². The summed E-state index contributed by atoms with van der Waals surface area (Å²) in [5.41, 5.74) is 0.143. The number of carbonyl (C=O) groups is 2. The van der Waals surface area contributed by atoms with Crippen LogP contribution in [0.4, 0.5) is 0 Å². The Hall–Kier alpha value is -2.44. The summed E-state index contributed by atoms with van der Waals surface area (Å²) in [5.74, 6) is -1.16. The lowest BCUT2D eigenvalue weighted by atomic mass is 10.3. The molecule has 0 saturated carbocycles. The molecule has 0 aliphatic rings. The second-order valence-corrected chi connectivity index (χ2v) is 3.54. The summed E-state index contributed by atoms with van der Waals surface area (Å²) in [5, 5.41) is 2.42. The molecule has 0 aromatic carbocycles. The second kappa shape index (κ2) is 6.33. The van der Waals surface area contributed by atoms with E-state index in [9.17, 15) is 9.59 Å². The minimum Gasteiger partial charge on any atom is -0.464 e. The molecule has 18 heavy (non-hydrogen) atoms. The Morgan fingerprint density at radius 3 is 2.61 bits per heavy atom. The van der Waals surface area contributed by atoms with Gasteiger partial charge in [0.25, 0.3) is 5.91 Å². The van der Waals surface area contributed by atoms with Crippen molar-refractivity contribution in [2.24, 2.45) is 0 Å². The first kappa shape index (κ1) is 13.6. The summed E-state index contributed by atoms with van der Waals surface area (Å²) in [7, 11) is 4.68. The highest BCUT2D eigenvalue weighted by Crippen LogP contribution is 1.98. The zero-order chi connectivity index (χ0) is 13.5. The highest BCUT2D eigenvalue weighted by molar-refractivity contribution is 5.99. The lowest BCUT2D eigenvalue weighted by Crippen LogP contribution is -2.30. The quantitative estimate of drug-likeness (QED) is 0.587. The average Bonchev–Trinajstić information content (AvgIpc) is 2.37. The second-order valence-electron chi connectivity index (χ2n) is 3.54. The first-order valence-corrected chi connectivity index (χ1v) is 5.08. The van der Waals surface area contributed by atoms with E-state index in [0.29, 0.717) is 0 Å². The Morgan fingerprint density at radius 1 is 1.39 bits per heavy atom. The van der Waals surface area contributed by atoms with Gasteiger partial charge in [-0.1, -0.05) is 0 Å². The summed E-state index contributed by atoms with van der Waals surface area (Å²) in [6.45, 7) is 0. The van der Waals surface area contributed by atoms with E-state index < -0.39 is 11.9 Å². The van der Waals surface area contributed by atoms with Crippen LogP contribution in [-0.2, 0) is 9.53 Å². The number of nitrogens with zero attached hydrogens (tertiary/aromatic N) is 3. The molecule has 0 fully saturated rings. The molecule has 1 aromatic rings. The number of hydrogen-bond acceptors (Lipinski definition) is 6. The fraction of sp³-hybridized carbons (Fsp3) is 0.273. The summed E-state index contributed by atoms with van der Waals surface area (Å²) < 4.78 is 4.57. The minimum atomic E-state index is -0.638. The number of nitrogens with one attached hydrogen (secondary N) is 1. The third-order valence-corrected chi connectivity index (χ3v) is 1.84. The van der Waals surface area contributed by atoms with Crippen molar-refractivity contribution < 1.29 is 14.3 Å². The highest BCUT2D eigenvalue weighted by Gasteiger charge is 2.15.